The van der Waals surface area contributed by atoms with Gasteiger partial charge in [-0.3, -0.25) is 4.79 Å². The Morgan fingerprint density at radius 2 is 1.81 bits per heavy atom. The van der Waals surface area contributed by atoms with E-state index in [1.165, 1.54) is 0 Å². The third-order valence-corrected chi connectivity index (χ3v) is 2.83. The van der Waals surface area contributed by atoms with Gasteiger partial charge in [-0.15, -0.1) is 0 Å². The fourth-order valence-corrected chi connectivity index (χ4v) is 2.17. The van der Waals surface area contributed by atoms with E-state index >= 15 is 0 Å². The van der Waals surface area contributed by atoms with Crippen LogP contribution in [0.2, 0.25) is 0 Å². The van der Waals surface area contributed by atoms with Crippen LogP contribution in [-0.2, 0) is 4.79 Å². The molecular formula is C11H18F3NO. The molecule has 1 saturated carbocycles. The molecule has 0 atom stereocenters. The SMILES string of the molecule is CC(C)CN(C(=O)C(F)(F)F)C1CCCC1. The van der Waals surface area contributed by atoms with Crippen molar-refractivity contribution in [1.29, 1.82) is 0 Å². The van der Waals surface area contributed by atoms with Crippen LogP contribution in [0.4, 0.5) is 13.2 Å². The van der Waals surface area contributed by atoms with Crippen molar-refractivity contribution in [3.63, 3.8) is 0 Å². The third-order valence-electron chi connectivity index (χ3n) is 2.83. The largest absolute Gasteiger partial charge is 0.471 e. The highest BCUT2D eigenvalue weighted by Crippen LogP contribution is 2.28. The fourth-order valence-electron chi connectivity index (χ4n) is 2.17. The minimum Gasteiger partial charge on any atom is -0.332 e. The summed E-state index contributed by atoms with van der Waals surface area (Å²) in [4.78, 5) is 12.3. The molecule has 0 aliphatic heterocycles. The molecule has 1 amide bonds. The molecule has 1 aliphatic rings. The van der Waals surface area contributed by atoms with Crippen LogP contribution in [0.3, 0.4) is 0 Å². The Kier molecular flexibility index (Phi) is 4.21. The molecule has 1 fully saturated rings. The van der Waals surface area contributed by atoms with E-state index in [0.717, 1.165) is 17.7 Å². The standard InChI is InChI=1S/C11H18F3NO/c1-8(2)7-15(9-5-3-4-6-9)10(16)11(12,13)14/h8-9H,3-7H2,1-2H3. The lowest BCUT2D eigenvalue weighted by Crippen LogP contribution is -2.47. The predicted octanol–water partition coefficient (Wildman–Crippen LogP) is 2.98. The Bertz CT molecular complexity index is 244. The van der Waals surface area contributed by atoms with Crippen molar-refractivity contribution in [2.24, 2.45) is 5.92 Å². The molecular weight excluding hydrogens is 219 g/mol. The minimum absolute atomic E-state index is 0.0619. The number of carbonyl (C=O) groups is 1. The maximum atomic E-state index is 12.4. The molecule has 0 N–H and O–H groups in total. The van der Waals surface area contributed by atoms with Gasteiger partial charge in [-0.05, 0) is 18.8 Å². The molecule has 0 heterocycles. The van der Waals surface area contributed by atoms with Crippen LogP contribution in [0.1, 0.15) is 39.5 Å². The van der Waals surface area contributed by atoms with Gasteiger partial charge in [-0.1, -0.05) is 26.7 Å². The first-order valence-corrected chi connectivity index (χ1v) is 5.70. The van der Waals surface area contributed by atoms with Gasteiger partial charge in [0.2, 0.25) is 0 Å². The van der Waals surface area contributed by atoms with Gasteiger partial charge in [0.1, 0.15) is 0 Å². The van der Waals surface area contributed by atoms with Crippen molar-refractivity contribution in [3.05, 3.63) is 0 Å². The molecule has 0 bridgehead atoms. The summed E-state index contributed by atoms with van der Waals surface area (Å²) in [6.45, 7) is 3.85. The lowest BCUT2D eigenvalue weighted by Gasteiger charge is -2.31. The normalized spacial score (nSPS) is 18.1. The summed E-state index contributed by atoms with van der Waals surface area (Å²) in [5.41, 5.74) is 0. The lowest BCUT2D eigenvalue weighted by atomic mass is 10.1. The average Bonchev–Trinajstić information content (AvgIpc) is 2.63. The van der Waals surface area contributed by atoms with Crippen molar-refractivity contribution < 1.29 is 18.0 Å². The van der Waals surface area contributed by atoms with E-state index in [2.05, 4.69) is 0 Å². The Morgan fingerprint density at radius 1 is 1.31 bits per heavy atom. The lowest BCUT2D eigenvalue weighted by molar-refractivity contribution is -0.188. The predicted molar refractivity (Wildman–Crippen MR) is 54.9 cm³/mol. The Balaban J connectivity index is 2.73. The number of alkyl halides is 3. The second kappa shape index (κ2) is 5.06. The van der Waals surface area contributed by atoms with Gasteiger partial charge in [-0.2, -0.15) is 13.2 Å². The van der Waals surface area contributed by atoms with E-state index in [9.17, 15) is 18.0 Å². The molecule has 0 aromatic carbocycles. The van der Waals surface area contributed by atoms with E-state index in [1.807, 2.05) is 13.8 Å². The maximum absolute atomic E-state index is 12.4. The molecule has 0 unspecified atom stereocenters. The van der Waals surface area contributed by atoms with Crippen LogP contribution >= 0.6 is 0 Å². The molecule has 2 nitrogen and oxygen atoms in total. The summed E-state index contributed by atoms with van der Waals surface area (Å²) >= 11 is 0. The van der Waals surface area contributed by atoms with Gasteiger partial charge in [-0.25, -0.2) is 0 Å². The van der Waals surface area contributed by atoms with Crippen LogP contribution in [0, 0.1) is 5.92 Å². The summed E-state index contributed by atoms with van der Waals surface area (Å²) in [5, 5.41) is 0. The second-order valence-corrected chi connectivity index (χ2v) is 4.79. The zero-order valence-electron chi connectivity index (χ0n) is 9.68. The molecule has 0 radical (unpaired) electrons. The van der Waals surface area contributed by atoms with Crippen molar-refractivity contribution in [1.82, 2.24) is 4.90 Å². The number of nitrogens with zero attached hydrogens (tertiary/aromatic N) is 1. The minimum atomic E-state index is -4.74. The Labute approximate surface area is 93.8 Å². The van der Waals surface area contributed by atoms with Crippen molar-refractivity contribution in [3.8, 4) is 0 Å². The zero-order valence-corrected chi connectivity index (χ0v) is 9.68. The zero-order chi connectivity index (χ0) is 12.3. The Hall–Kier alpha value is -0.740. The molecule has 1 rings (SSSR count). The third kappa shape index (κ3) is 3.39. The smallest absolute Gasteiger partial charge is 0.332 e. The highest BCUT2D eigenvalue weighted by atomic mass is 19.4. The van der Waals surface area contributed by atoms with Gasteiger partial charge in [0.15, 0.2) is 0 Å². The van der Waals surface area contributed by atoms with Crippen molar-refractivity contribution in [2.45, 2.75) is 51.7 Å². The number of carbonyl (C=O) groups excluding carboxylic acids is 1. The van der Waals surface area contributed by atoms with Crippen LogP contribution in [-0.4, -0.2) is 29.6 Å². The molecule has 0 aromatic heterocycles. The molecule has 16 heavy (non-hydrogen) atoms. The first-order valence-electron chi connectivity index (χ1n) is 5.70. The summed E-state index contributed by atoms with van der Waals surface area (Å²) < 4.78 is 37.2. The molecule has 94 valence electrons. The first kappa shape index (κ1) is 13.3. The van der Waals surface area contributed by atoms with Crippen LogP contribution in [0.25, 0.3) is 0 Å². The maximum Gasteiger partial charge on any atom is 0.471 e. The summed E-state index contributed by atoms with van der Waals surface area (Å²) in [7, 11) is 0. The van der Waals surface area contributed by atoms with E-state index in [0.29, 0.717) is 12.8 Å². The average molecular weight is 237 g/mol. The van der Waals surface area contributed by atoms with Gasteiger partial charge < -0.3 is 4.90 Å². The number of rotatable bonds is 3. The topological polar surface area (TPSA) is 20.3 Å². The van der Waals surface area contributed by atoms with Crippen molar-refractivity contribution >= 4 is 5.91 Å². The van der Waals surface area contributed by atoms with E-state index in [1.54, 1.807) is 0 Å². The highest BCUT2D eigenvalue weighted by Gasteiger charge is 2.44. The van der Waals surface area contributed by atoms with E-state index in [4.69, 9.17) is 0 Å². The van der Waals surface area contributed by atoms with Crippen LogP contribution in [0.5, 0.6) is 0 Å². The molecule has 0 saturated heterocycles. The van der Waals surface area contributed by atoms with Gasteiger partial charge in [0.25, 0.3) is 0 Å². The van der Waals surface area contributed by atoms with Crippen LogP contribution in [0.15, 0.2) is 0 Å². The molecule has 0 aromatic rings. The van der Waals surface area contributed by atoms with Crippen molar-refractivity contribution in [2.75, 3.05) is 6.54 Å². The van der Waals surface area contributed by atoms with Gasteiger partial charge >= 0.3 is 12.1 Å². The molecule has 1 aliphatic carbocycles. The Morgan fingerprint density at radius 3 is 2.19 bits per heavy atom. The molecule has 0 spiro atoms. The summed E-state index contributed by atoms with van der Waals surface area (Å²) in [5.74, 6) is -1.61. The number of hydrogen-bond donors (Lipinski definition) is 0. The fraction of sp³-hybridized carbons (Fsp3) is 0.909. The quantitative estimate of drug-likeness (QED) is 0.739. The van der Waals surface area contributed by atoms with E-state index in [-0.39, 0.29) is 18.5 Å². The monoisotopic (exact) mass is 237 g/mol. The number of amides is 1. The summed E-state index contributed by atoms with van der Waals surface area (Å²) in [6.07, 6.45) is -1.49. The van der Waals surface area contributed by atoms with E-state index < -0.39 is 12.1 Å². The number of hydrogen-bond acceptors (Lipinski definition) is 1. The summed E-state index contributed by atoms with van der Waals surface area (Å²) in [6, 6.07) is -0.212. The highest BCUT2D eigenvalue weighted by molar-refractivity contribution is 5.82. The van der Waals surface area contributed by atoms with Gasteiger partial charge in [0, 0.05) is 12.6 Å². The first-order chi connectivity index (χ1) is 7.32. The second-order valence-electron chi connectivity index (χ2n) is 4.79. The van der Waals surface area contributed by atoms with Crippen LogP contribution < -0.4 is 0 Å². The van der Waals surface area contributed by atoms with Gasteiger partial charge in [0.05, 0.1) is 0 Å². The number of halogens is 3. The molecule has 5 heteroatoms.